The SMILES string of the molecule is C=C(C)C(=O)OC[C@@H]1C[C@H](OC(=O)C(C)(C)C)[C@@H](OC(=O)C(C)(C)C)[C@H](Oc2cccc3ccn(CCc4ccc(O)cc4)c23)O1. The van der Waals surface area contributed by atoms with E-state index in [0.717, 1.165) is 16.5 Å². The highest BCUT2D eigenvalue weighted by molar-refractivity contribution is 5.87. The van der Waals surface area contributed by atoms with Crippen LogP contribution in [0.15, 0.2) is 66.9 Å². The Bertz CT molecular complexity index is 1560. The van der Waals surface area contributed by atoms with Gasteiger partial charge in [0.1, 0.15) is 24.2 Å². The second kappa shape index (κ2) is 14.0. The second-order valence-corrected chi connectivity index (χ2v) is 13.8. The van der Waals surface area contributed by atoms with Gasteiger partial charge in [-0.15, -0.1) is 0 Å². The molecule has 0 radical (unpaired) electrons. The van der Waals surface area contributed by atoms with Gasteiger partial charge in [-0.3, -0.25) is 9.59 Å². The zero-order chi connectivity index (χ0) is 33.8. The number of rotatable bonds is 10. The topological polar surface area (TPSA) is 123 Å². The number of carbonyl (C=O) groups is 3. The minimum atomic E-state index is -1.21. The molecule has 2 heterocycles. The third-order valence-corrected chi connectivity index (χ3v) is 7.50. The van der Waals surface area contributed by atoms with E-state index in [1.54, 1.807) is 66.7 Å². The quantitative estimate of drug-likeness (QED) is 0.160. The Hall–Kier alpha value is -4.31. The Kier molecular flexibility index (Phi) is 10.5. The highest BCUT2D eigenvalue weighted by atomic mass is 16.7. The van der Waals surface area contributed by atoms with Gasteiger partial charge in [-0.25, -0.2) is 4.79 Å². The zero-order valence-electron chi connectivity index (χ0n) is 27.7. The van der Waals surface area contributed by atoms with Crippen molar-refractivity contribution in [1.82, 2.24) is 4.57 Å². The summed E-state index contributed by atoms with van der Waals surface area (Å²) in [6, 6.07) is 14.7. The third-order valence-electron chi connectivity index (χ3n) is 7.50. The summed E-state index contributed by atoms with van der Waals surface area (Å²) in [5.74, 6) is -0.913. The average molecular weight is 636 g/mol. The second-order valence-electron chi connectivity index (χ2n) is 13.8. The first kappa shape index (κ1) is 34.6. The molecule has 3 aromatic rings. The van der Waals surface area contributed by atoms with Gasteiger partial charge >= 0.3 is 17.9 Å². The van der Waals surface area contributed by atoms with E-state index in [1.165, 1.54) is 0 Å². The Morgan fingerprint density at radius 3 is 2.24 bits per heavy atom. The van der Waals surface area contributed by atoms with Crippen molar-refractivity contribution < 1.29 is 43.2 Å². The van der Waals surface area contributed by atoms with Crippen molar-refractivity contribution in [2.45, 2.75) is 92.5 Å². The number of benzene rings is 2. The summed E-state index contributed by atoms with van der Waals surface area (Å²) >= 11 is 0. The van der Waals surface area contributed by atoms with Gasteiger partial charge in [0.05, 0.1) is 22.5 Å². The summed E-state index contributed by atoms with van der Waals surface area (Å²) in [5, 5.41) is 10.6. The molecule has 0 aliphatic carbocycles. The van der Waals surface area contributed by atoms with Crippen LogP contribution in [0.2, 0.25) is 0 Å². The largest absolute Gasteiger partial charge is 0.508 e. The van der Waals surface area contributed by atoms with Crippen LogP contribution in [0, 0.1) is 10.8 Å². The van der Waals surface area contributed by atoms with Crippen LogP contribution < -0.4 is 4.74 Å². The molecule has 0 saturated carbocycles. The van der Waals surface area contributed by atoms with Crippen molar-refractivity contribution in [2.75, 3.05) is 6.61 Å². The smallest absolute Gasteiger partial charge is 0.333 e. The molecule has 10 heteroatoms. The molecule has 0 bridgehead atoms. The van der Waals surface area contributed by atoms with Crippen LogP contribution in [0.25, 0.3) is 10.9 Å². The highest BCUT2D eigenvalue weighted by Gasteiger charge is 2.47. The van der Waals surface area contributed by atoms with Crippen LogP contribution in [0.4, 0.5) is 0 Å². The van der Waals surface area contributed by atoms with Crippen molar-refractivity contribution >= 4 is 28.8 Å². The molecule has 1 saturated heterocycles. The average Bonchev–Trinajstić information content (AvgIpc) is 3.40. The van der Waals surface area contributed by atoms with Crippen molar-refractivity contribution in [3.63, 3.8) is 0 Å². The molecule has 1 N–H and O–H groups in total. The van der Waals surface area contributed by atoms with Crippen molar-refractivity contribution in [3.8, 4) is 11.5 Å². The van der Waals surface area contributed by atoms with Gasteiger partial charge in [0, 0.05) is 30.1 Å². The Balaban J connectivity index is 1.69. The van der Waals surface area contributed by atoms with Crippen LogP contribution in [0.1, 0.15) is 60.5 Å². The molecule has 4 atom stereocenters. The molecule has 0 spiro atoms. The lowest BCUT2D eigenvalue weighted by atomic mass is 9.95. The molecule has 4 rings (SSSR count). The molecule has 0 unspecified atom stereocenters. The van der Waals surface area contributed by atoms with E-state index in [1.807, 2.05) is 36.5 Å². The van der Waals surface area contributed by atoms with Crippen LogP contribution in [0.3, 0.4) is 0 Å². The third kappa shape index (κ3) is 8.69. The van der Waals surface area contributed by atoms with Crippen LogP contribution >= 0.6 is 0 Å². The standard InChI is InChI=1S/C36H45NO9/c1-22(2)31(39)42-21-26-20-28(45-33(40)35(3,4)5)30(46-34(41)36(6,7)8)32(43-26)44-27-11-9-10-24-17-19-37(29(24)27)18-16-23-12-14-25(38)15-13-23/h9-15,17,19,26,28,30,32,38H,1,16,18,20-21H2,2-8H3/t26-,28-,30+,32-/m0/s1. The number of carbonyl (C=O) groups excluding carboxylic acids is 3. The monoisotopic (exact) mass is 635 g/mol. The number of aromatic nitrogens is 1. The molecule has 1 fully saturated rings. The molecule has 1 aliphatic rings. The first-order chi connectivity index (χ1) is 21.5. The molecule has 1 aromatic heterocycles. The number of phenols is 1. The van der Waals surface area contributed by atoms with E-state index in [9.17, 15) is 19.5 Å². The molecule has 10 nitrogen and oxygen atoms in total. The number of phenolic OH excluding ortho intramolecular Hbond substituents is 1. The highest BCUT2D eigenvalue weighted by Crippen LogP contribution is 2.34. The number of hydrogen-bond acceptors (Lipinski definition) is 9. The van der Waals surface area contributed by atoms with Gasteiger partial charge < -0.3 is 33.4 Å². The van der Waals surface area contributed by atoms with Crippen molar-refractivity contribution in [3.05, 3.63) is 72.4 Å². The molecular formula is C36H45NO9. The number of nitrogens with zero attached hydrogens (tertiary/aromatic N) is 1. The van der Waals surface area contributed by atoms with Gasteiger partial charge in [-0.2, -0.15) is 0 Å². The molecule has 2 aromatic carbocycles. The normalized spacial score (nSPS) is 20.2. The fourth-order valence-electron chi connectivity index (χ4n) is 4.79. The number of hydrogen-bond donors (Lipinski definition) is 1. The predicted octanol–water partition coefficient (Wildman–Crippen LogP) is 6.12. The maximum atomic E-state index is 13.2. The van der Waals surface area contributed by atoms with Crippen molar-refractivity contribution in [1.29, 1.82) is 0 Å². The maximum absolute atomic E-state index is 13.2. The van der Waals surface area contributed by atoms with Gasteiger partial charge in [0.25, 0.3) is 0 Å². The Morgan fingerprint density at radius 1 is 0.957 bits per heavy atom. The Labute approximate surface area is 270 Å². The maximum Gasteiger partial charge on any atom is 0.333 e. The Morgan fingerprint density at radius 2 is 1.61 bits per heavy atom. The van der Waals surface area contributed by atoms with Gasteiger partial charge in [0.15, 0.2) is 0 Å². The van der Waals surface area contributed by atoms with Crippen LogP contribution in [-0.4, -0.2) is 58.8 Å². The summed E-state index contributed by atoms with van der Waals surface area (Å²) < 4.78 is 32.3. The lowest BCUT2D eigenvalue weighted by molar-refractivity contribution is -0.259. The number of ether oxygens (including phenoxy) is 5. The number of para-hydroxylation sites is 1. The minimum absolute atomic E-state index is 0.0977. The first-order valence-corrected chi connectivity index (χ1v) is 15.5. The fourth-order valence-corrected chi connectivity index (χ4v) is 4.79. The molecule has 46 heavy (non-hydrogen) atoms. The van der Waals surface area contributed by atoms with Crippen molar-refractivity contribution in [2.24, 2.45) is 10.8 Å². The molecule has 248 valence electrons. The van der Waals surface area contributed by atoms with Crippen LogP contribution in [0.5, 0.6) is 11.5 Å². The number of esters is 3. The molecule has 0 amide bonds. The van der Waals surface area contributed by atoms with Gasteiger partial charge in [-0.1, -0.05) is 30.8 Å². The van der Waals surface area contributed by atoms with E-state index in [0.29, 0.717) is 18.7 Å². The lowest BCUT2D eigenvalue weighted by Gasteiger charge is -2.41. The van der Waals surface area contributed by atoms with Gasteiger partial charge in [0.2, 0.25) is 12.4 Å². The van der Waals surface area contributed by atoms with E-state index in [-0.39, 0.29) is 24.4 Å². The summed E-state index contributed by atoms with van der Waals surface area (Å²) in [7, 11) is 0. The molecule has 1 aliphatic heterocycles. The van der Waals surface area contributed by atoms with E-state index in [2.05, 4.69) is 11.1 Å². The number of aryl methyl sites for hydroxylation is 2. The predicted molar refractivity (Wildman–Crippen MR) is 172 cm³/mol. The minimum Gasteiger partial charge on any atom is -0.508 e. The van der Waals surface area contributed by atoms with Gasteiger partial charge in [-0.05, 0) is 84.7 Å². The summed E-state index contributed by atoms with van der Waals surface area (Å²) in [5.41, 5.74) is 0.387. The van der Waals surface area contributed by atoms with E-state index >= 15 is 0 Å². The zero-order valence-corrected chi connectivity index (χ0v) is 27.7. The first-order valence-electron chi connectivity index (χ1n) is 15.5. The lowest BCUT2D eigenvalue weighted by Crippen LogP contribution is -2.56. The molecular weight excluding hydrogens is 590 g/mol. The number of aromatic hydroxyl groups is 1. The van der Waals surface area contributed by atoms with E-state index in [4.69, 9.17) is 23.7 Å². The summed E-state index contributed by atoms with van der Waals surface area (Å²) in [6.07, 6.45) is -1.27. The number of fused-ring (bicyclic) bond motifs is 1. The fraction of sp³-hybridized carbons (Fsp3) is 0.472. The summed E-state index contributed by atoms with van der Waals surface area (Å²) in [6.45, 7) is 16.0. The van der Waals surface area contributed by atoms with Crippen LogP contribution in [-0.2, 0) is 46.3 Å². The summed E-state index contributed by atoms with van der Waals surface area (Å²) in [4.78, 5) is 38.6. The van der Waals surface area contributed by atoms with E-state index < -0.39 is 53.3 Å².